The summed E-state index contributed by atoms with van der Waals surface area (Å²) in [6.07, 6.45) is 0. The van der Waals surface area contributed by atoms with Gasteiger partial charge < -0.3 is 10.1 Å². The first-order chi connectivity index (χ1) is 10.0. The van der Waals surface area contributed by atoms with Crippen LogP contribution in [0.4, 0.5) is 10.7 Å². The monoisotopic (exact) mass is 306 g/mol. The van der Waals surface area contributed by atoms with Gasteiger partial charge in [-0.25, -0.2) is 4.79 Å². The fourth-order valence-corrected chi connectivity index (χ4v) is 2.56. The molecule has 1 aromatic carbocycles. The Morgan fingerprint density at radius 3 is 2.76 bits per heavy atom. The minimum Gasteiger partial charge on any atom is -0.465 e. The number of rotatable bonds is 5. The fourth-order valence-electron chi connectivity index (χ4n) is 1.80. The van der Waals surface area contributed by atoms with E-state index in [4.69, 9.17) is 0 Å². The van der Waals surface area contributed by atoms with Crippen molar-refractivity contribution >= 4 is 28.0 Å². The Morgan fingerprint density at radius 2 is 2.14 bits per heavy atom. The van der Waals surface area contributed by atoms with E-state index in [1.54, 1.807) is 18.2 Å². The molecule has 0 aliphatic carbocycles. The molecule has 0 saturated heterocycles. The summed E-state index contributed by atoms with van der Waals surface area (Å²) in [6.45, 7) is 2.38. The smallest absolute Gasteiger partial charge is 0.337 e. The molecule has 0 spiro atoms. The van der Waals surface area contributed by atoms with Crippen molar-refractivity contribution in [3.05, 3.63) is 56.5 Å². The van der Waals surface area contributed by atoms with Crippen molar-refractivity contribution in [2.24, 2.45) is 0 Å². The number of carbonyl (C=O) groups is 1. The molecule has 0 saturated carbocycles. The molecule has 1 N–H and O–H groups in total. The molecular weight excluding hydrogens is 292 g/mol. The molecule has 21 heavy (non-hydrogen) atoms. The maximum Gasteiger partial charge on any atom is 0.337 e. The van der Waals surface area contributed by atoms with Gasteiger partial charge in [0.15, 0.2) is 0 Å². The summed E-state index contributed by atoms with van der Waals surface area (Å²) in [4.78, 5) is 22.6. The van der Waals surface area contributed by atoms with E-state index in [1.165, 1.54) is 13.2 Å². The maximum atomic E-state index is 11.5. The van der Waals surface area contributed by atoms with Gasteiger partial charge in [-0.3, -0.25) is 10.1 Å². The van der Waals surface area contributed by atoms with Crippen LogP contribution in [0, 0.1) is 17.0 Å². The summed E-state index contributed by atoms with van der Waals surface area (Å²) >= 11 is 1.13. The van der Waals surface area contributed by atoms with Gasteiger partial charge in [-0.2, -0.15) is 0 Å². The van der Waals surface area contributed by atoms with Gasteiger partial charge in [0, 0.05) is 23.2 Å². The minimum absolute atomic E-state index is 0.117. The second kappa shape index (κ2) is 6.36. The van der Waals surface area contributed by atoms with Gasteiger partial charge in [0.25, 0.3) is 0 Å². The van der Waals surface area contributed by atoms with E-state index in [9.17, 15) is 14.9 Å². The van der Waals surface area contributed by atoms with Crippen LogP contribution in [0.25, 0.3) is 0 Å². The number of anilines is 1. The zero-order valence-corrected chi connectivity index (χ0v) is 12.4. The molecule has 0 fully saturated rings. The van der Waals surface area contributed by atoms with Crippen LogP contribution < -0.4 is 5.32 Å². The Bertz CT molecular complexity index is 681. The number of nitrogens with one attached hydrogen (secondary N) is 1. The molecule has 0 bridgehead atoms. The Kier molecular flexibility index (Phi) is 4.54. The third-order valence-corrected chi connectivity index (χ3v) is 3.98. The molecule has 0 amide bonds. The van der Waals surface area contributed by atoms with Gasteiger partial charge in [-0.1, -0.05) is 17.4 Å². The lowest BCUT2D eigenvalue weighted by molar-refractivity contribution is -0.380. The highest BCUT2D eigenvalue weighted by molar-refractivity contribution is 7.15. The van der Waals surface area contributed by atoms with E-state index >= 15 is 0 Å². The molecule has 0 unspecified atom stereocenters. The lowest BCUT2D eigenvalue weighted by Crippen LogP contribution is -2.04. The summed E-state index contributed by atoms with van der Waals surface area (Å²) < 4.78 is 4.68. The average molecular weight is 306 g/mol. The standard InChI is InChI=1S/C14H14N2O4S/c1-9-3-4-10(14(17)20-2)7-12(9)15-8-11-5-6-13(21-11)16(18)19/h3-7,15H,8H2,1-2H3. The lowest BCUT2D eigenvalue weighted by atomic mass is 10.1. The molecule has 0 aliphatic heterocycles. The number of hydrogen-bond acceptors (Lipinski definition) is 6. The maximum absolute atomic E-state index is 11.5. The Morgan fingerprint density at radius 1 is 1.38 bits per heavy atom. The predicted molar refractivity (Wildman–Crippen MR) is 80.8 cm³/mol. The molecule has 1 heterocycles. The molecule has 110 valence electrons. The predicted octanol–water partition coefficient (Wildman–Crippen LogP) is 3.36. The van der Waals surface area contributed by atoms with Crippen LogP contribution in [-0.4, -0.2) is 18.0 Å². The molecule has 6 nitrogen and oxygen atoms in total. The first-order valence-electron chi connectivity index (χ1n) is 6.17. The number of methoxy groups -OCH3 is 1. The summed E-state index contributed by atoms with van der Waals surface area (Å²) in [5, 5.41) is 13.9. The lowest BCUT2D eigenvalue weighted by Gasteiger charge is -2.10. The molecule has 2 aromatic rings. The third kappa shape index (κ3) is 3.57. The van der Waals surface area contributed by atoms with E-state index < -0.39 is 10.9 Å². The highest BCUT2D eigenvalue weighted by atomic mass is 32.1. The van der Waals surface area contributed by atoms with Gasteiger partial charge in [0.1, 0.15) is 0 Å². The SMILES string of the molecule is COC(=O)c1ccc(C)c(NCc2ccc([N+](=O)[O-])s2)c1. The average Bonchev–Trinajstić information content (AvgIpc) is 2.94. The molecule has 2 rings (SSSR count). The first-order valence-corrected chi connectivity index (χ1v) is 6.99. The van der Waals surface area contributed by atoms with Crippen molar-refractivity contribution in [1.29, 1.82) is 0 Å². The fraction of sp³-hybridized carbons (Fsp3) is 0.214. The van der Waals surface area contributed by atoms with Crippen LogP contribution in [0.3, 0.4) is 0 Å². The summed E-state index contributed by atoms with van der Waals surface area (Å²) in [5.41, 5.74) is 2.24. The van der Waals surface area contributed by atoms with Crippen LogP contribution in [0.1, 0.15) is 20.8 Å². The minimum atomic E-state index is -0.405. The molecule has 1 aromatic heterocycles. The number of nitro groups is 1. The van der Waals surface area contributed by atoms with Crippen LogP contribution in [0.2, 0.25) is 0 Å². The zero-order chi connectivity index (χ0) is 15.4. The van der Waals surface area contributed by atoms with Gasteiger partial charge in [-0.15, -0.1) is 0 Å². The van der Waals surface area contributed by atoms with Crippen LogP contribution in [0.15, 0.2) is 30.3 Å². The van der Waals surface area contributed by atoms with Crippen LogP contribution in [-0.2, 0) is 11.3 Å². The van der Waals surface area contributed by atoms with Crippen molar-refractivity contribution in [1.82, 2.24) is 0 Å². The third-order valence-electron chi connectivity index (χ3n) is 2.94. The van der Waals surface area contributed by atoms with E-state index in [0.717, 1.165) is 27.5 Å². The summed E-state index contributed by atoms with van der Waals surface area (Å²) in [5.74, 6) is -0.398. The van der Waals surface area contributed by atoms with Crippen molar-refractivity contribution < 1.29 is 14.5 Å². The van der Waals surface area contributed by atoms with Gasteiger partial charge in [0.2, 0.25) is 0 Å². The second-order valence-electron chi connectivity index (χ2n) is 4.37. The van der Waals surface area contributed by atoms with Crippen LogP contribution in [0.5, 0.6) is 0 Å². The van der Waals surface area contributed by atoms with Crippen molar-refractivity contribution in [2.45, 2.75) is 13.5 Å². The van der Waals surface area contributed by atoms with E-state index in [2.05, 4.69) is 10.1 Å². The Balaban J connectivity index is 2.11. The van der Waals surface area contributed by atoms with E-state index in [1.807, 2.05) is 13.0 Å². The molecular formula is C14H14N2O4S. The van der Waals surface area contributed by atoms with Crippen LogP contribution >= 0.6 is 11.3 Å². The normalized spacial score (nSPS) is 10.2. The van der Waals surface area contributed by atoms with E-state index in [0.29, 0.717) is 12.1 Å². The zero-order valence-electron chi connectivity index (χ0n) is 11.6. The highest BCUT2D eigenvalue weighted by Crippen LogP contribution is 2.25. The van der Waals surface area contributed by atoms with Crippen molar-refractivity contribution in [3.8, 4) is 0 Å². The van der Waals surface area contributed by atoms with Crippen molar-refractivity contribution in [2.75, 3.05) is 12.4 Å². The molecule has 0 atom stereocenters. The quantitative estimate of drug-likeness (QED) is 0.520. The number of esters is 1. The number of aryl methyl sites for hydroxylation is 1. The van der Waals surface area contributed by atoms with Gasteiger partial charge >= 0.3 is 11.0 Å². The highest BCUT2D eigenvalue weighted by Gasteiger charge is 2.11. The Hall–Kier alpha value is -2.41. The van der Waals surface area contributed by atoms with Crippen molar-refractivity contribution in [3.63, 3.8) is 0 Å². The Labute approximate surface area is 125 Å². The number of benzene rings is 1. The largest absolute Gasteiger partial charge is 0.465 e. The summed E-state index contributed by atoms with van der Waals surface area (Å²) in [7, 11) is 1.33. The topological polar surface area (TPSA) is 81.5 Å². The molecule has 0 aliphatic rings. The number of nitrogens with zero attached hydrogens (tertiary/aromatic N) is 1. The van der Waals surface area contributed by atoms with Gasteiger partial charge in [0.05, 0.1) is 17.6 Å². The molecule has 0 radical (unpaired) electrons. The summed E-state index contributed by atoms with van der Waals surface area (Å²) in [6, 6.07) is 8.44. The van der Waals surface area contributed by atoms with E-state index in [-0.39, 0.29) is 5.00 Å². The molecule has 7 heteroatoms. The number of thiophene rings is 1. The number of carbonyl (C=O) groups excluding carboxylic acids is 1. The number of hydrogen-bond donors (Lipinski definition) is 1. The van der Waals surface area contributed by atoms with Gasteiger partial charge in [-0.05, 0) is 30.7 Å². The second-order valence-corrected chi connectivity index (χ2v) is 5.52. The number of ether oxygens (including phenoxy) is 1. The first kappa shape index (κ1) is 15.0.